The van der Waals surface area contributed by atoms with Crippen molar-refractivity contribution in [1.29, 1.82) is 0 Å². The molecule has 2 aromatic rings. The monoisotopic (exact) mass is 336 g/mol. The molecule has 0 saturated heterocycles. The van der Waals surface area contributed by atoms with Gasteiger partial charge in [0.15, 0.2) is 0 Å². The van der Waals surface area contributed by atoms with E-state index in [1.165, 1.54) is 11.3 Å². The van der Waals surface area contributed by atoms with Crippen LogP contribution in [-0.2, 0) is 9.53 Å². The highest BCUT2D eigenvalue weighted by molar-refractivity contribution is 7.20. The molecule has 23 heavy (non-hydrogen) atoms. The van der Waals surface area contributed by atoms with Crippen LogP contribution < -0.4 is 11.1 Å². The SMILES string of the molecule is CCOC(=O)c1sc2nc(C)nc(N[C@@H](C)CC(N)=O)c2c1C. The van der Waals surface area contributed by atoms with Crippen LogP contribution in [0.15, 0.2) is 0 Å². The van der Waals surface area contributed by atoms with E-state index in [0.717, 1.165) is 10.9 Å². The van der Waals surface area contributed by atoms with Crippen molar-refractivity contribution in [2.75, 3.05) is 11.9 Å². The van der Waals surface area contributed by atoms with Crippen molar-refractivity contribution in [2.45, 2.75) is 40.2 Å². The number of amides is 1. The zero-order chi connectivity index (χ0) is 17.1. The molecule has 0 aromatic carbocycles. The van der Waals surface area contributed by atoms with E-state index in [4.69, 9.17) is 10.5 Å². The molecule has 0 aliphatic carbocycles. The number of rotatable bonds is 6. The summed E-state index contributed by atoms with van der Waals surface area (Å²) in [5.74, 6) is 0.441. The number of primary amides is 1. The van der Waals surface area contributed by atoms with Crippen LogP contribution in [0.5, 0.6) is 0 Å². The van der Waals surface area contributed by atoms with Crippen LogP contribution in [0.2, 0.25) is 0 Å². The molecule has 2 rings (SSSR count). The van der Waals surface area contributed by atoms with Crippen molar-refractivity contribution in [1.82, 2.24) is 9.97 Å². The fourth-order valence-corrected chi connectivity index (χ4v) is 3.45. The normalized spacial score (nSPS) is 12.2. The van der Waals surface area contributed by atoms with E-state index in [-0.39, 0.29) is 24.3 Å². The highest BCUT2D eigenvalue weighted by Gasteiger charge is 2.21. The topological polar surface area (TPSA) is 107 Å². The molecular weight excluding hydrogens is 316 g/mol. The molecule has 8 heteroatoms. The van der Waals surface area contributed by atoms with Crippen molar-refractivity contribution >= 4 is 39.2 Å². The van der Waals surface area contributed by atoms with E-state index in [2.05, 4.69) is 15.3 Å². The quantitative estimate of drug-likeness (QED) is 0.783. The predicted molar refractivity (Wildman–Crippen MR) is 89.7 cm³/mol. The molecule has 3 N–H and O–H groups in total. The van der Waals surface area contributed by atoms with E-state index in [1.54, 1.807) is 13.8 Å². The van der Waals surface area contributed by atoms with E-state index in [1.807, 2.05) is 13.8 Å². The standard InChI is InChI=1S/C15H20N4O3S/c1-5-22-15(21)12-8(3)11-13(17-7(2)6-10(16)20)18-9(4)19-14(11)23-12/h7H,5-6H2,1-4H3,(H2,16,20)(H,17,18,19)/t7-/m0/s1. The third-order valence-electron chi connectivity index (χ3n) is 3.25. The summed E-state index contributed by atoms with van der Waals surface area (Å²) in [6.07, 6.45) is 0.193. The minimum atomic E-state index is -0.388. The number of aromatic nitrogens is 2. The molecule has 7 nitrogen and oxygen atoms in total. The molecule has 0 saturated carbocycles. The Hall–Kier alpha value is -2.22. The fourth-order valence-electron chi connectivity index (χ4n) is 2.33. The lowest BCUT2D eigenvalue weighted by molar-refractivity contribution is -0.118. The molecule has 0 fully saturated rings. The number of nitrogens with zero attached hydrogens (tertiary/aromatic N) is 2. The first-order chi connectivity index (χ1) is 10.8. The zero-order valence-corrected chi connectivity index (χ0v) is 14.4. The number of thiophene rings is 1. The average molecular weight is 336 g/mol. The minimum absolute atomic E-state index is 0.171. The second kappa shape index (κ2) is 6.91. The van der Waals surface area contributed by atoms with E-state index in [0.29, 0.717) is 28.0 Å². The van der Waals surface area contributed by atoms with Crippen molar-refractivity contribution in [3.05, 3.63) is 16.3 Å². The largest absolute Gasteiger partial charge is 0.462 e. The molecule has 1 amide bonds. The van der Waals surface area contributed by atoms with Gasteiger partial charge in [0.2, 0.25) is 5.91 Å². The number of anilines is 1. The second-order valence-electron chi connectivity index (χ2n) is 5.29. The van der Waals surface area contributed by atoms with E-state index >= 15 is 0 Å². The number of carbonyl (C=O) groups is 2. The number of nitrogens with one attached hydrogen (secondary N) is 1. The number of carbonyl (C=O) groups excluding carboxylic acids is 2. The maximum absolute atomic E-state index is 12.1. The summed E-state index contributed by atoms with van der Waals surface area (Å²) < 4.78 is 5.08. The molecule has 2 heterocycles. The van der Waals surface area contributed by atoms with Gasteiger partial charge in [0, 0.05) is 12.5 Å². The van der Waals surface area contributed by atoms with Gasteiger partial charge in [0.05, 0.1) is 12.0 Å². The molecule has 0 aliphatic heterocycles. The average Bonchev–Trinajstić information content (AvgIpc) is 2.75. The van der Waals surface area contributed by atoms with Crippen LogP contribution >= 0.6 is 11.3 Å². The maximum Gasteiger partial charge on any atom is 0.348 e. The van der Waals surface area contributed by atoms with Gasteiger partial charge in [0.25, 0.3) is 0 Å². The van der Waals surface area contributed by atoms with E-state index < -0.39 is 0 Å². The van der Waals surface area contributed by atoms with Crippen LogP contribution in [0.25, 0.3) is 10.2 Å². The van der Waals surface area contributed by atoms with E-state index in [9.17, 15) is 9.59 Å². The van der Waals surface area contributed by atoms with Crippen molar-refractivity contribution < 1.29 is 14.3 Å². The molecule has 0 spiro atoms. The molecule has 2 aromatic heterocycles. The molecule has 0 aliphatic rings. The summed E-state index contributed by atoms with van der Waals surface area (Å²) in [6, 6.07) is -0.171. The lowest BCUT2D eigenvalue weighted by Crippen LogP contribution is -2.24. The number of nitrogens with two attached hydrogens (primary N) is 1. The second-order valence-corrected chi connectivity index (χ2v) is 6.29. The molecular formula is C15H20N4O3S. The summed E-state index contributed by atoms with van der Waals surface area (Å²) in [6.45, 7) is 7.55. The number of ether oxygens (including phenoxy) is 1. The summed E-state index contributed by atoms with van der Waals surface area (Å²) in [4.78, 5) is 33.2. The van der Waals surface area contributed by atoms with Crippen LogP contribution in [0.3, 0.4) is 0 Å². The minimum Gasteiger partial charge on any atom is -0.462 e. The fraction of sp³-hybridized carbons (Fsp3) is 0.467. The lowest BCUT2D eigenvalue weighted by Gasteiger charge is -2.14. The number of hydrogen-bond acceptors (Lipinski definition) is 7. The first-order valence-electron chi connectivity index (χ1n) is 7.33. The van der Waals surface area contributed by atoms with Crippen LogP contribution in [0.4, 0.5) is 5.82 Å². The summed E-state index contributed by atoms with van der Waals surface area (Å²) in [5.41, 5.74) is 6.00. The summed E-state index contributed by atoms with van der Waals surface area (Å²) >= 11 is 1.28. The van der Waals surface area contributed by atoms with Crippen molar-refractivity contribution in [3.8, 4) is 0 Å². The first-order valence-corrected chi connectivity index (χ1v) is 8.14. The van der Waals surface area contributed by atoms with Gasteiger partial charge in [-0.1, -0.05) is 0 Å². The van der Waals surface area contributed by atoms with Gasteiger partial charge in [0.1, 0.15) is 21.3 Å². The Balaban J connectivity index is 2.48. The molecule has 124 valence electrons. The Morgan fingerprint density at radius 1 is 1.35 bits per heavy atom. The number of aryl methyl sites for hydroxylation is 2. The molecule has 0 unspecified atom stereocenters. The van der Waals surface area contributed by atoms with Crippen LogP contribution in [0.1, 0.15) is 41.3 Å². The van der Waals surface area contributed by atoms with Gasteiger partial charge in [-0.15, -0.1) is 11.3 Å². The number of esters is 1. The highest BCUT2D eigenvalue weighted by atomic mass is 32.1. The van der Waals surface area contributed by atoms with Crippen LogP contribution in [-0.4, -0.2) is 34.5 Å². The van der Waals surface area contributed by atoms with Gasteiger partial charge in [-0.25, -0.2) is 14.8 Å². The Bertz CT molecular complexity index is 757. The van der Waals surface area contributed by atoms with Crippen molar-refractivity contribution in [2.24, 2.45) is 5.73 Å². The predicted octanol–water partition coefficient (Wildman–Crippen LogP) is 2.16. The van der Waals surface area contributed by atoms with Gasteiger partial charge in [-0.05, 0) is 33.3 Å². The molecule has 1 atom stereocenters. The highest BCUT2D eigenvalue weighted by Crippen LogP contribution is 2.34. The Kier molecular flexibility index (Phi) is 5.15. The van der Waals surface area contributed by atoms with Crippen molar-refractivity contribution in [3.63, 3.8) is 0 Å². The lowest BCUT2D eigenvalue weighted by atomic mass is 10.1. The Labute approximate surface area is 138 Å². The summed E-state index contributed by atoms with van der Waals surface area (Å²) in [7, 11) is 0. The van der Waals surface area contributed by atoms with Gasteiger partial charge < -0.3 is 15.8 Å². The Morgan fingerprint density at radius 3 is 2.65 bits per heavy atom. The molecule has 0 radical (unpaired) electrons. The smallest absolute Gasteiger partial charge is 0.348 e. The first kappa shape index (κ1) is 17.1. The number of hydrogen-bond donors (Lipinski definition) is 2. The third-order valence-corrected chi connectivity index (χ3v) is 4.42. The van der Waals surface area contributed by atoms with Gasteiger partial charge >= 0.3 is 5.97 Å². The van der Waals surface area contributed by atoms with Gasteiger partial charge in [-0.2, -0.15) is 0 Å². The Morgan fingerprint density at radius 2 is 2.04 bits per heavy atom. The number of fused-ring (bicyclic) bond motifs is 1. The summed E-state index contributed by atoms with van der Waals surface area (Å²) in [5, 5.41) is 3.96. The van der Waals surface area contributed by atoms with Gasteiger partial charge in [-0.3, -0.25) is 4.79 Å². The maximum atomic E-state index is 12.1. The third kappa shape index (κ3) is 3.76. The van der Waals surface area contributed by atoms with Crippen LogP contribution in [0, 0.1) is 13.8 Å². The zero-order valence-electron chi connectivity index (χ0n) is 13.6. The molecule has 0 bridgehead atoms.